The minimum absolute atomic E-state index is 0.0379. The number of amides is 2. The quantitative estimate of drug-likeness (QED) is 0.609. The highest BCUT2D eigenvalue weighted by Crippen LogP contribution is 2.24. The van der Waals surface area contributed by atoms with Gasteiger partial charge in [0.15, 0.2) is 0 Å². The Morgan fingerprint density at radius 2 is 1.79 bits per heavy atom. The molecule has 29 heavy (non-hydrogen) atoms. The number of esters is 1. The second-order valence-corrected chi connectivity index (χ2v) is 6.96. The van der Waals surface area contributed by atoms with Crippen LogP contribution in [0.15, 0.2) is 24.4 Å². The van der Waals surface area contributed by atoms with Gasteiger partial charge in [-0.1, -0.05) is 23.2 Å². The summed E-state index contributed by atoms with van der Waals surface area (Å²) < 4.78 is 6.31. The van der Waals surface area contributed by atoms with Gasteiger partial charge in [-0.3, -0.25) is 19.2 Å². The summed E-state index contributed by atoms with van der Waals surface area (Å²) in [6, 6.07) is 4.73. The number of benzene rings is 1. The second-order valence-electron chi connectivity index (χ2n) is 6.15. The standard InChI is InChI=1S/C18H21Cl2N5O4/c1-4-29-18(28)12-8-21-25(3)17(12)23-16(27)10-24(2)9-15(26)22-11-5-6-13(19)14(20)7-11/h5-8H,4,9-10H2,1-3H3,(H,22,26)(H,23,27). The van der Waals surface area contributed by atoms with Crippen molar-refractivity contribution in [2.75, 3.05) is 37.4 Å². The molecule has 0 aliphatic carbocycles. The molecule has 0 bridgehead atoms. The van der Waals surface area contributed by atoms with Crippen molar-refractivity contribution in [3.8, 4) is 0 Å². The molecular formula is C18H21Cl2N5O4. The molecule has 0 atom stereocenters. The van der Waals surface area contributed by atoms with E-state index >= 15 is 0 Å². The number of nitrogens with zero attached hydrogens (tertiary/aromatic N) is 3. The molecule has 1 aromatic heterocycles. The van der Waals surface area contributed by atoms with Crippen LogP contribution in [-0.4, -0.2) is 59.2 Å². The fourth-order valence-corrected chi connectivity index (χ4v) is 2.73. The number of halogens is 2. The Hall–Kier alpha value is -2.62. The van der Waals surface area contributed by atoms with E-state index in [-0.39, 0.29) is 37.0 Å². The highest BCUT2D eigenvalue weighted by molar-refractivity contribution is 6.42. The number of hydrogen-bond acceptors (Lipinski definition) is 6. The molecule has 2 N–H and O–H groups in total. The van der Waals surface area contributed by atoms with Gasteiger partial charge in [-0.25, -0.2) is 4.79 Å². The molecule has 156 valence electrons. The van der Waals surface area contributed by atoms with E-state index in [9.17, 15) is 14.4 Å². The van der Waals surface area contributed by atoms with Crippen molar-refractivity contribution in [2.24, 2.45) is 7.05 Å². The Labute approximate surface area is 177 Å². The molecular weight excluding hydrogens is 421 g/mol. The fourth-order valence-electron chi connectivity index (χ4n) is 2.44. The third-order valence-corrected chi connectivity index (χ3v) is 4.46. The van der Waals surface area contributed by atoms with Gasteiger partial charge in [-0.2, -0.15) is 5.10 Å². The number of anilines is 2. The Morgan fingerprint density at radius 1 is 1.14 bits per heavy atom. The number of aryl methyl sites for hydroxylation is 1. The minimum Gasteiger partial charge on any atom is -0.462 e. The van der Waals surface area contributed by atoms with Gasteiger partial charge in [-0.15, -0.1) is 0 Å². The molecule has 2 amide bonds. The average molecular weight is 442 g/mol. The lowest BCUT2D eigenvalue weighted by Gasteiger charge is -2.16. The van der Waals surface area contributed by atoms with Gasteiger partial charge in [0.05, 0.1) is 35.9 Å². The number of aromatic nitrogens is 2. The average Bonchev–Trinajstić information content (AvgIpc) is 2.98. The molecule has 9 nitrogen and oxygen atoms in total. The Kier molecular flexibility index (Phi) is 8.00. The molecule has 2 rings (SSSR count). The van der Waals surface area contributed by atoms with Crippen LogP contribution in [0.3, 0.4) is 0 Å². The van der Waals surface area contributed by atoms with E-state index in [1.807, 2.05) is 0 Å². The summed E-state index contributed by atoms with van der Waals surface area (Å²) in [6.45, 7) is 1.77. The van der Waals surface area contributed by atoms with Gasteiger partial charge < -0.3 is 15.4 Å². The smallest absolute Gasteiger partial charge is 0.343 e. The minimum atomic E-state index is -0.578. The third-order valence-electron chi connectivity index (χ3n) is 3.72. The number of carbonyl (C=O) groups is 3. The Morgan fingerprint density at radius 3 is 2.41 bits per heavy atom. The third kappa shape index (κ3) is 6.45. The number of ether oxygens (including phenoxy) is 1. The fraction of sp³-hybridized carbons (Fsp3) is 0.333. The lowest BCUT2D eigenvalue weighted by molar-refractivity contribution is -0.119. The zero-order valence-corrected chi connectivity index (χ0v) is 17.7. The maximum atomic E-state index is 12.3. The normalized spacial score (nSPS) is 10.7. The number of hydrogen-bond donors (Lipinski definition) is 2. The van der Waals surface area contributed by atoms with Crippen LogP contribution in [0, 0.1) is 0 Å². The van der Waals surface area contributed by atoms with E-state index in [4.69, 9.17) is 27.9 Å². The predicted molar refractivity (Wildman–Crippen MR) is 110 cm³/mol. The maximum Gasteiger partial charge on any atom is 0.343 e. The Balaban J connectivity index is 1.90. The van der Waals surface area contributed by atoms with Gasteiger partial charge in [0.2, 0.25) is 11.8 Å². The van der Waals surface area contributed by atoms with Crippen LogP contribution in [0.25, 0.3) is 0 Å². The lowest BCUT2D eigenvalue weighted by atomic mass is 10.3. The van der Waals surface area contributed by atoms with Crippen LogP contribution in [0.5, 0.6) is 0 Å². The van der Waals surface area contributed by atoms with Crippen molar-refractivity contribution in [3.05, 3.63) is 40.0 Å². The number of rotatable bonds is 8. The van der Waals surface area contributed by atoms with Crippen LogP contribution in [-0.2, 0) is 21.4 Å². The zero-order valence-electron chi connectivity index (χ0n) is 16.2. The first kappa shape index (κ1) is 22.7. The first-order chi connectivity index (χ1) is 13.7. The van der Waals surface area contributed by atoms with E-state index < -0.39 is 11.9 Å². The number of likely N-dealkylation sites (N-methyl/N-ethyl adjacent to an activating group) is 1. The molecule has 1 heterocycles. The van der Waals surface area contributed by atoms with Gasteiger partial charge >= 0.3 is 5.97 Å². The summed E-state index contributed by atoms with van der Waals surface area (Å²) in [4.78, 5) is 37.9. The van der Waals surface area contributed by atoms with Crippen molar-refractivity contribution in [1.29, 1.82) is 0 Å². The lowest BCUT2D eigenvalue weighted by Crippen LogP contribution is -2.36. The highest BCUT2D eigenvalue weighted by atomic mass is 35.5. The van der Waals surface area contributed by atoms with Crippen molar-refractivity contribution in [3.63, 3.8) is 0 Å². The summed E-state index contributed by atoms with van der Waals surface area (Å²) in [5.41, 5.74) is 0.652. The van der Waals surface area contributed by atoms with Gasteiger partial charge in [0.1, 0.15) is 11.4 Å². The van der Waals surface area contributed by atoms with Crippen LogP contribution < -0.4 is 10.6 Å². The van der Waals surface area contributed by atoms with E-state index in [0.29, 0.717) is 15.7 Å². The zero-order chi connectivity index (χ0) is 21.6. The largest absolute Gasteiger partial charge is 0.462 e. The summed E-state index contributed by atoms with van der Waals surface area (Å²) in [6.07, 6.45) is 1.32. The van der Waals surface area contributed by atoms with Gasteiger partial charge in [0, 0.05) is 12.7 Å². The van der Waals surface area contributed by atoms with Crippen LogP contribution in [0.1, 0.15) is 17.3 Å². The monoisotopic (exact) mass is 441 g/mol. The van der Waals surface area contributed by atoms with Gasteiger partial charge in [0.25, 0.3) is 0 Å². The first-order valence-electron chi connectivity index (χ1n) is 8.63. The molecule has 11 heteroatoms. The topological polar surface area (TPSA) is 106 Å². The summed E-state index contributed by atoms with van der Waals surface area (Å²) in [5.74, 6) is -1.09. The molecule has 0 fully saturated rings. The van der Waals surface area contributed by atoms with Crippen molar-refractivity contribution in [1.82, 2.24) is 14.7 Å². The molecule has 0 unspecified atom stereocenters. The second kappa shape index (κ2) is 10.2. The summed E-state index contributed by atoms with van der Waals surface area (Å²) in [5, 5.41) is 9.97. The molecule has 0 spiro atoms. The molecule has 1 aromatic carbocycles. The molecule has 0 saturated heterocycles. The summed E-state index contributed by atoms with van der Waals surface area (Å²) in [7, 11) is 3.20. The number of nitrogens with one attached hydrogen (secondary N) is 2. The van der Waals surface area contributed by atoms with Crippen molar-refractivity contribution < 1.29 is 19.1 Å². The highest BCUT2D eigenvalue weighted by Gasteiger charge is 2.20. The van der Waals surface area contributed by atoms with E-state index in [0.717, 1.165) is 0 Å². The van der Waals surface area contributed by atoms with Crippen LogP contribution in [0.4, 0.5) is 11.5 Å². The van der Waals surface area contributed by atoms with E-state index in [1.165, 1.54) is 21.8 Å². The molecule has 0 aliphatic heterocycles. The van der Waals surface area contributed by atoms with E-state index in [1.54, 1.807) is 33.2 Å². The molecule has 0 saturated carbocycles. The maximum absolute atomic E-state index is 12.3. The molecule has 2 aromatic rings. The van der Waals surface area contributed by atoms with Crippen LogP contribution in [0.2, 0.25) is 10.0 Å². The summed E-state index contributed by atoms with van der Waals surface area (Å²) >= 11 is 11.8. The molecule has 0 aliphatic rings. The first-order valence-corrected chi connectivity index (χ1v) is 9.39. The van der Waals surface area contributed by atoms with Crippen LogP contribution >= 0.6 is 23.2 Å². The van der Waals surface area contributed by atoms with Gasteiger partial charge in [-0.05, 0) is 32.2 Å². The Bertz CT molecular complexity index is 916. The molecule has 0 radical (unpaired) electrons. The SMILES string of the molecule is CCOC(=O)c1cnn(C)c1NC(=O)CN(C)CC(=O)Nc1ccc(Cl)c(Cl)c1. The van der Waals surface area contributed by atoms with E-state index in [2.05, 4.69) is 15.7 Å². The van der Waals surface area contributed by atoms with Crippen molar-refractivity contribution >= 4 is 52.5 Å². The number of carbonyl (C=O) groups excluding carboxylic acids is 3. The predicted octanol–water partition coefficient (Wildman–Crippen LogP) is 2.41. The van der Waals surface area contributed by atoms with Crippen molar-refractivity contribution in [2.45, 2.75) is 6.92 Å².